The third kappa shape index (κ3) is 2.84. The van der Waals surface area contributed by atoms with Crippen LogP contribution in [0.1, 0.15) is 42.5 Å². The molecule has 1 saturated carbocycles. The second kappa shape index (κ2) is 5.81. The van der Waals surface area contributed by atoms with Crippen LogP contribution in [0, 0.1) is 0 Å². The lowest BCUT2D eigenvalue weighted by Gasteiger charge is -2.36. The van der Waals surface area contributed by atoms with Crippen LogP contribution in [0.2, 0.25) is 0 Å². The maximum Gasteiger partial charge on any atom is 0.252 e. The van der Waals surface area contributed by atoms with Gasteiger partial charge in [-0.15, -0.1) is 0 Å². The van der Waals surface area contributed by atoms with Gasteiger partial charge in [-0.3, -0.25) is 4.79 Å². The maximum absolute atomic E-state index is 12.3. The Balaban J connectivity index is 2.19. The smallest absolute Gasteiger partial charge is 0.252 e. The van der Waals surface area contributed by atoms with Gasteiger partial charge in [0.2, 0.25) is 0 Å². The largest absolute Gasteiger partial charge is 0.508 e. The van der Waals surface area contributed by atoms with Crippen LogP contribution in [0.4, 0.5) is 0 Å². The summed E-state index contributed by atoms with van der Waals surface area (Å²) in [6.45, 7) is 0. The Morgan fingerprint density at radius 2 is 1.80 bits per heavy atom. The number of rotatable bonds is 3. The molecule has 0 heterocycles. The number of nitrogens with one attached hydrogen (secondary N) is 1. The van der Waals surface area contributed by atoms with Crippen LogP contribution in [0.25, 0.3) is 0 Å². The van der Waals surface area contributed by atoms with E-state index in [1.165, 1.54) is 24.3 Å². The van der Waals surface area contributed by atoms with Gasteiger partial charge in [0.25, 0.3) is 5.91 Å². The van der Waals surface area contributed by atoms with Crippen molar-refractivity contribution in [1.82, 2.24) is 5.32 Å². The Kier molecular flexibility index (Phi) is 4.12. The number of benzene rings is 1. The monoisotopic (exact) mass is 277 g/mol. The van der Waals surface area contributed by atoms with Crippen LogP contribution >= 0.6 is 0 Å². The molecule has 1 aromatic carbocycles. The van der Waals surface area contributed by atoms with Crippen LogP contribution in [-0.2, 0) is 0 Å². The zero-order valence-electron chi connectivity index (χ0n) is 11.2. The first-order valence-corrected chi connectivity index (χ1v) is 6.67. The summed E-state index contributed by atoms with van der Waals surface area (Å²) in [5.74, 6) is -0.145. The predicted molar refractivity (Wildman–Crippen MR) is 74.8 cm³/mol. The fourth-order valence-electron chi connectivity index (χ4n) is 2.60. The van der Waals surface area contributed by atoms with Gasteiger partial charge in [0.1, 0.15) is 11.3 Å². The van der Waals surface area contributed by atoms with E-state index < -0.39 is 5.54 Å². The van der Waals surface area contributed by atoms with Crippen molar-refractivity contribution < 1.29 is 15.1 Å². The molecule has 1 aliphatic carbocycles. The summed E-state index contributed by atoms with van der Waals surface area (Å²) in [7, 11) is 0. The van der Waals surface area contributed by atoms with Crippen molar-refractivity contribution in [2.24, 2.45) is 10.9 Å². The number of nitrogens with zero attached hydrogens (tertiary/aromatic N) is 1. The van der Waals surface area contributed by atoms with Crippen molar-refractivity contribution in [1.29, 1.82) is 0 Å². The van der Waals surface area contributed by atoms with Gasteiger partial charge in [-0.25, -0.2) is 0 Å². The van der Waals surface area contributed by atoms with Crippen LogP contribution in [0.15, 0.2) is 29.4 Å². The molecule has 2 rings (SSSR count). The van der Waals surface area contributed by atoms with E-state index in [2.05, 4.69) is 10.5 Å². The fraction of sp³-hybridized carbons (Fsp3) is 0.429. The molecular formula is C14H19N3O3. The summed E-state index contributed by atoms with van der Waals surface area (Å²) in [6, 6.07) is 5.97. The van der Waals surface area contributed by atoms with E-state index in [1.54, 1.807) is 0 Å². The molecule has 1 amide bonds. The molecule has 0 spiro atoms. The highest BCUT2D eigenvalue weighted by molar-refractivity contribution is 6.00. The van der Waals surface area contributed by atoms with Gasteiger partial charge < -0.3 is 21.4 Å². The number of carbonyl (C=O) groups is 1. The lowest BCUT2D eigenvalue weighted by Crippen LogP contribution is -2.58. The molecule has 0 atom stereocenters. The van der Waals surface area contributed by atoms with Gasteiger partial charge in [0.15, 0.2) is 5.84 Å². The number of oxime groups is 1. The number of carbonyl (C=O) groups excluding carboxylic acids is 1. The van der Waals surface area contributed by atoms with Gasteiger partial charge in [-0.1, -0.05) is 24.4 Å². The number of nitrogens with two attached hydrogens (primary N) is 1. The molecule has 6 heteroatoms. The third-order valence-corrected chi connectivity index (χ3v) is 3.79. The standard InChI is InChI=1S/C14H19N3O3/c15-13(17-20)14(8-2-1-3-9-14)16-12(19)10-4-6-11(18)7-5-10/h4-7,18,20H,1-3,8-9H2,(H2,15,17)(H,16,19). The van der Waals surface area contributed by atoms with E-state index in [1.807, 2.05) is 0 Å². The normalized spacial score (nSPS) is 18.5. The molecule has 0 bridgehead atoms. The molecule has 0 unspecified atom stereocenters. The highest BCUT2D eigenvalue weighted by atomic mass is 16.4. The van der Waals surface area contributed by atoms with Gasteiger partial charge in [-0.05, 0) is 37.1 Å². The quantitative estimate of drug-likeness (QED) is 0.291. The zero-order chi connectivity index (χ0) is 14.6. The molecule has 0 aliphatic heterocycles. The van der Waals surface area contributed by atoms with Gasteiger partial charge >= 0.3 is 0 Å². The minimum atomic E-state index is -0.776. The Bertz CT molecular complexity index is 505. The van der Waals surface area contributed by atoms with Crippen LogP contribution in [-0.4, -0.2) is 27.6 Å². The highest BCUT2D eigenvalue weighted by Gasteiger charge is 2.38. The number of amides is 1. The van der Waals surface area contributed by atoms with Crippen LogP contribution in [0.5, 0.6) is 5.75 Å². The highest BCUT2D eigenvalue weighted by Crippen LogP contribution is 2.29. The van der Waals surface area contributed by atoms with Crippen molar-refractivity contribution >= 4 is 11.7 Å². The van der Waals surface area contributed by atoms with E-state index in [9.17, 15) is 9.90 Å². The number of hydrogen-bond acceptors (Lipinski definition) is 4. The number of phenols is 1. The summed E-state index contributed by atoms with van der Waals surface area (Å²) >= 11 is 0. The van der Waals surface area contributed by atoms with Crippen molar-refractivity contribution in [3.8, 4) is 5.75 Å². The number of aromatic hydroxyl groups is 1. The minimum Gasteiger partial charge on any atom is -0.508 e. The predicted octanol–water partition coefficient (Wildman–Crippen LogP) is 1.57. The molecular weight excluding hydrogens is 258 g/mol. The summed E-state index contributed by atoms with van der Waals surface area (Å²) < 4.78 is 0. The molecule has 1 aromatic rings. The topological polar surface area (TPSA) is 108 Å². The molecule has 108 valence electrons. The first-order chi connectivity index (χ1) is 9.57. The number of phenolic OH excluding ortho intramolecular Hbond substituents is 1. The fourth-order valence-corrected chi connectivity index (χ4v) is 2.60. The van der Waals surface area contributed by atoms with Crippen molar-refractivity contribution in [2.75, 3.05) is 0 Å². The summed E-state index contributed by atoms with van der Waals surface area (Å²) in [6.07, 6.45) is 4.24. The lowest BCUT2D eigenvalue weighted by atomic mass is 9.80. The Morgan fingerprint density at radius 3 is 2.35 bits per heavy atom. The molecule has 20 heavy (non-hydrogen) atoms. The molecule has 6 nitrogen and oxygen atoms in total. The van der Waals surface area contributed by atoms with E-state index >= 15 is 0 Å². The SMILES string of the molecule is N/C(=N/O)C1(NC(=O)c2ccc(O)cc2)CCCCC1. The van der Waals surface area contributed by atoms with Gasteiger partial charge in [0.05, 0.1) is 0 Å². The van der Waals surface area contributed by atoms with Crippen molar-refractivity contribution in [3.63, 3.8) is 0 Å². The van der Waals surface area contributed by atoms with Crippen molar-refractivity contribution in [2.45, 2.75) is 37.6 Å². The number of amidine groups is 1. The second-order valence-corrected chi connectivity index (χ2v) is 5.13. The molecule has 1 aliphatic rings. The number of hydrogen-bond donors (Lipinski definition) is 4. The van der Waals surface area contributed by atoms with E-state index in [0.717, 1.165) is 19.3 Å². The van der Waals surface area contributed by atoms with E-state index in [-0.39, 0.29) is 17.5 Å². The summed E-state index contributed by atoms with van der Waals surface area (Å²) in [5.41, 5.74) is 5.43. The molecule has 0 aromatic heterocycles. The van der Waals surface area contributed by atoms with Crippen LogP contribution < -0.4 is 11.1 Å². The average molecular weight is 277 g/mol. The maximum atomic E-state index is 12.3. The molecule has 5 N–H and O–H groups in total. The lowest BCUT2D eigenvalue weighted by molar-refractivity contribution is 0.0905. The molecule has 1 fully saturated rings. The van der Waals surface area contributed by atoms with Gasteiger partial charge in [0, 0.05) is 5.56 Å². The Morgan fingerprint density at radius 1 is 1.20 bits per heavy atom. The Hall–Kier alpha value is -2.24. The summed E-state index contributed by atoms with van der Waals surface area (Å²) in [4.78, 5) is 12.3. The van der Waals surface area contributed by atoms with Crippen LogP contribution in [0.3, 0.4) is 0 Å². The molecule has 0 radical (unpaired) electrons. The summed E-state index contributed by atoms with van der Waals surface area (Å²) in [5, 5.41) is 24.2. The third-order valence-electron chi connectivity index (χ3n) is 3.79. The Labute approximate surface area is 117 Å². The first-order valence-electron chi connectivity index (χ1n) is 6.67. The second-order valence-electron chi connectivity index (χ2n) is 5.13. The van der Waals surface area contributed by atoms with E-state index in [4.69, 9.17) is 10.9 Å². The average Bonchev–Trinajstić information content (AvgIpc) is 2.48. The van der Waals surface area contributed by atoms with E-state index in [0.29, 0.717) is 18.4 Å². The zero-order valence-corrected chi connectivity index (χ0v) is 11.2. The minimum absolute atomic E-state index is 0.0457. The molecule has 0 saturated heterocycles. The van der Waals surface area contributed by atoms with Gasteiger partial charge in [-0.2, -0.15) is 0 Å². The van der Waals surface area contributed by atoms with Crippen molar-refractivity contribution in [3.05, 3.63) is 29.8 Å². The first kappa shape index (κ1) is 14.2.